The summed E-state index contributed by atoms with van der Waals surface area (Å²) in [6, 6.07) is 6.93. The summed E-state index contributed by atoms with van der Waals surface area (Å²) >= 11 is 0. The highest BCUT2D eigenvalue weighted by Gasteiger charge is 2.11. The maximum atomic E-state index is 11.7. The van der Waals surface area contributed by atoms with E-state index in [1.807, 2.05) is 13.1 Å². The molecule has 0 saturated carbocycles. The molecule has 0 unspecified atom stereocenters. The fourth-order valence-corrected chi connectivity index (χ4v) is 1.66. The molecule has 2 aromatic rings. The second-order valence-electron chi connectivity index (χ2n) is 4.19. The topological polar surface area (TPSA) is 61.2 Å². The van der Waals surface area contributed by atoms with Crippen LogP contribution in [-0.4, -0.2) is 28.6 Å². The average molecular weight is 258 g/mol. The number of nitrogens with zero attached hydrogens (tertiary/aromatic N) is 2. The van der Waals surface area contributed by atoms with Gasteiger partial charge in [-0.25, -0.2) is 4.68 Å². The van der Waals surface area contributed by atoms with E-state index in [4.69, 9.17) is 0 Å². The van der Waals surface area contributed by atoms with Crippen molar-refractivity contribution in [3.8, 4) is 5.69 Å². The lowest BCUT2D eigenvalue weighted by molar-refractivity contribution is -0.139. The van der Waals surface area contributed by atoms with Crippen molar-refractivity contribution < 1.29 is 14.3 Å². The zero-order chi connectivity index (χ0) is 13.8. The van der Waals surface area contributed by atoms with Crippen molar-refractivity contribution in [1.29, 1.82) is 0 Å². The number of aryl methyl sites for hydroxylation is 1. The summed E-state index contributed by atoms with van der Waals surface area (Å²) < 4.78 is 6.19. The predicted octanol–water partition coefficient (Wildman–Crippen LogP) is 1.93. The van der Waals surface area contributed by atoms with Crippen molar-refractivity contribution in [2.45, 2.75) is 13.3 Å². The molecule has 5 heteroatoms. The Bertz CT molecular complexity index is 599. The summed E-state index contributed by atoms with van der Waals surface area (Å²) in [6.07, 6.45) is 3.41. The van der Waals surface area contributed by atoms with Crippen LogP contribution in [0.3, 0.4) is 0 Å². The summed E-state index contributed by atoms with van der Waals surface area (Å²) in [4.78, 5) is 22.8. The summed E-state index contributed by atoms with van der Waals surface area (Å²) in [6.45, 7) is 1.96. The van der Waals surface area contributed by atoms with E-state index >= 15 is 0 Å². The molecule has 0 aliphatic carbocycles. The number of Topliss-reactive ketones (excluding diaryl/α,β-unsaturated/α-hetero) is 1. The van der Waals surface area contributed by atoms with Gasteiger partial charge in [0.2, 0.25) is 0 Å². The third kappa shape index (κ3) is 3.07. The second-order valence-corrected chi connectivity index (χ2v) is 4.19. The number of hydrogen-bond donors (Lipinski definition) is 0. The first-order valence-corrected chi connectivity index (χ1v) is 5.82. The molecule has 2 rings (SSSR count). The van der Waals surface area contributed by atoms with E-state index in [0.717, 1.165) is 11.3 Å². The van der Waals surface area contributed by atoms with Crippen LogP contribution in [0.1, 0.15) is 22.3 Å². The van der Waals surface area contributed by atoms with Crippen LogP contribution >= 0.6 is 0 Å². The Hall–Kier alpha value is -2.43. The molecular formula is C14H14N2O3. The smallest absolute Gasteiger partial charge is 0.313 e. The van der Waals surface area contributed by atoms with Gasteiger partial charge in [-0.1, -0.05) is 0 Å². The summed E-state index contributed by atoms with van der Waals surface area (Å²) in [5, 5.41) is 4.18. The highest BCUT2D eigenvalue weighted by molar-refractivity contribution is 6.05. The van der Waals surface area contributed by atoms with E-state index in [9.17, 15) is 9.59 Å². The molecule has 0 aliphatic heterocycles. The zero-order valence-corrected chi connectivity index (χ0v) is 10.8. The van der Waals surface area contributed by atoms with Gasteiger partial charge in [0.25, 0.3) is 0 Å². The number of esters is 1. The number of benzene rings is 1. The Morgan fingerprint density at radius 3 is 2.47 bits per heavy atom. The van der Waals surface area contributed by atoms with E-state index in [1.165, 1.54) is 7.11 Å². The summed E-state index contributed by atoms with van der Waals surface area (Å²) in [5.41, 5.74) is 2.41. The van der Waals surface area contributed by atoms with E-state index < -0.39 is 5.97 Å². The molecule has 0 radical (unpaired) electrons. The monoisotopic (exact) mass is 258 g/mol. The number of ketones is 1. The van der Waals surface area contributed by atoms with Gasteiger partial charge in [0.05, 0.1) is 19.0 Å². The molecule has 0 N–H and O–H groups in total. The van der Waals surface area contributed by atoms with Crippen molar-refractivity contribution in [3.05, 3.63) is 47.8 Å². The van der Waals surface area contributed by atoms with E-state index in [1.54, 1.807) is 35.1 Å². The van der Waals surface area contributed by atoms with Crippen molar-refractivity contribution in [2.24, 2.45) is 0 Å². The Balaban J connectivity index is 2.14. The second kappa shape index (κ2) is 5.48. The quantitative estimate of drug-likeness (QED) is 0.477. The fraction of sp³-hybridized carbons (Fsp3) is 0.214. The van der Waals surface area contributed by atoms with Crippen molar-refractivity contribution in [2.75, 3.05) is 7.11 Å². The average Bonchev–Trinajstić information content (AvgIpc) is 2.85. The Morgan fingerprint density at radius 1 is 1.26 bits per heavy atom. The first kappa shape index (κ1) is 13.0. The molecule has 1 aromatic carbocycles. The Labute approximate surface area is 110 Å². The van der Waals surface area contributed by atoms with Gasteiger partial charge in [0, 0.05) is 11.8 Å². The van der Waals surface area contributed by atoms with Gasteiger partial charge in [0.15, 0.2) is 5.78 Å². The summed E-state index contributed by atoms with van der Waals surface area (Å²) in [5.74, 6) is -0.785. The van der Waals surface area contributed by atoms with Gasteiger partial charge in [0.1, 0.15) is 6.42 Å². The highest BCUT2D eigenvalue weighted by Crippen LogP contribution is 2.11. The van der Waals surface area contributed by atoms with Gasteiger partial charge in [-0.15, -0.1) is 0 Å². The molecule has 0 aliphatic rings. The van der Waals surface area contributed by atoms with Gasteiger partial charge in [-0.3, -0.25) is 9.59 Å². The minimum atomic E-state index is -0.531. The van der Waals surface area contributed by atoms with Crippen molar-refractivity contribution >= 4 is 11.8 Å². The molecule has 1 heterocycles. The molecule has 0 fully saturated rings. The lowest BCUT2D eigenvalue weighted by Gasteiger charge is -2.03. The minimum absolute atomic E-state index is 0.239. The molecule has 0 amide bonds. The van der Waals surface area contributed by atoms with Gasteiger partial charge < -0.3 is 4.74 Å². The van der Waals surface area contributed by atoms with Crippen LogP contribution in [0.5, 0.6) is 0 Å². The van der Waals surface area contributed by atoms with E-state index in [-0.39, 0.29) is 12.2 Å². The predicted molar refractivity (Wildman–Crippen MR) is 69.3 cm³/mol. The van der Waals surface area contributed by atoms with Crippen molar-refractivity contribution in [1.82, 2.24) is 9.78 Å². The Kier molecular flexibility index (Phi) is 3.75. The van der Waals surface area contributed by atoms with E-state index in [2.05, 4.69) is 9.84 Å². The zero-order valence-electron chi connectivity index (χ0n) is 10.8. The highest BCUT2D eigenvalue weighted by atomic mass is 16.5. The molecule has 0 spiro atoms. The van der Waals surface area contributed by atoms with Crippen LogP contribution in [0.25, 0.3) is 5.69 Å². The van der Waals surface area contributed by atoms with Gasteiger partial charge in [-0.05, 0) is 36.8 Å². The molecule has 1 aromatic heterocycles. The maximum absolute atomic E-state index is 11.7. The van der Waals surface area contributed by atoms with Crippen LogP contribution in [0.15, 0.2) is 36.7 Å². The van der Waals surface area contributed by atoms with Gasteiger partial charge in [-0.2, -0.15) is 5.10 Å². The molecule has 98 valence electrons. The number of carbonyl (C=O) groups excluding carboxylic acids is 2. The maximum Gasteiger partial charge on any atom is 0.313 e. The van der Waals surface area contributed by atoms with Crippen LogP contribution in [-0.2, 0) is 9.53 Å². The van der Waals surface area contributed by atoms with Gasteiger partial charge >= 0.3 is 5.97 Å². The molecule has 0 atom stereocenters. The normalized spacial score (nSPS) is 10.2. The van der Waals surface area contributed by atoms with E-state index in [0.29, 0.717) is 5.56 Å². The molecule has 0 bridgehead atoms. The van der Waals surface area contributed by atoms with Crippen LogP contribution < -0.4 is 0 Å². The van der Waals surface area contributed by atoms with Crippen LogP contribution in [0, 0.1) is 6.92 Å². The third-order valence-electron chi connectivity index (χ3n) is 2.70. The number of carbonyl (C=O) groups is 2. The number of rotatable bonds is 4. The number of methoxy groups -OCH3 is 1. The molecule has 0 saturated heterocycles. The molecule has 19 heavy (non-hydrogen) atoms. The van der Waals surface area contributed by atoms with Crippen molar-refractivity contribution in [3.63, 3.8) is 0 Å². The number of aromatic nitrogens is 2. The van der Waals surface area contributed by atoms with Crippen LogP contribution in [0.4, 0.5) is 0 Å². The SMILES string of the molecule is COC(=O)CC(=O)c1ccc(-n2cc(C)cn2)cc1. The standard InChI is InChI=1S/C14H14N2O3/c1-10-8-15-16(9-10)12-5-3-11(4-6-12)13(17)7-14(18)19-2/h3-6,8-9H,7H2,1-2H3. The first-order valence-electron chi connectivity index (χ1n) is 5.82. The first-order chi connectivity index (χ1) is 9.10. The molecular weight excluding hydrogens is 244 g/mol. The third-order valence-corrected chi connectivity index (χ3v) is 2.70. The fourth-order valence-electron chi connectivity index (χ4n) is 1.66. The largest absolute Gasteiger partial charge is 0.469 e. The minimum Gasteiger partial charge on any atom is -0.469 e. The lowest BCUT2D eigenvalue weighted by Crippen LogP contribution is -2.09. The lowest BCUT2D eigenvalue weighted by atomic mass is 10.1. The Morgan fingerprint density at radius 2 is 1.95 bits per heavy atom. The molecule has 5 nitrogen and oxygen atoms in total. The summed E-state index contributed by atoms with van der Waals surface area (Å²) in [7, 11) is 1.26. The number of hydrogen-bond acceptors (Lipinski definition) is 4. The number of ether oxygens (including phenoxy) is 1. The van der Waals surface area contributed by atoms with Crippen LogP contribution in [0.2, 0.25) is 0 Å².